The van der Waals surface area contributed by atoms with Crippen LogP contribution in [0.5, 0.6) is 11.5 Å². The standard InChI is InChI=1S/C19H20NO4/c1-12(14-8-6-5-7-9-14)19(22)20-16-11-18(24-4)17(23-3)10-15(16)13(2)21/h6-12H,1-4H3,(H,20,22). The fraction of sp³-hybridized carbons (Fsp3) is 0.263. The van der Waals surface area contributed by atoms with Crippen LogP contribution in [-0.4, -0.2) is 25.9 Å². The lowest BCUT2D eigenvalue weighted by Gasteiger charge is -2.17. The van der Waals surface area contributed by atoms with E-state index in [9.17, 15) is 9.59 Å². The van der Waals surface area contributed by atoms with Gasteiger partial charge in [0.05, 0.1) is 25.8 Å². The number of methoxy groups -OCH3 is 2. The molecule has 0 saturated heterocycles. The van der Waals surface area contributed by atoms with E-state index in [-0.39, 0.29) is 17.6 Å². The highest BCUT2D eigenvalue weighted by atomic mass is 16.5. The van der Waals surface area contributed by atoms with Gasteiger partial charge in [-0.2, -0.15) is 0 Å². The maximum absolute atomic E-state index is 12.5. The molecule has 1 atom stereocenters. The first kappa shape index (κ1) is 17.5. The smallest absolute Gasteiger partial charge is 0.231 e. The van der Waals surface area contributed by atoms with Crippen molar-refractivity contribution in [3.05, 3.63) is 53.6 Å². The van der Waals surface area contributed by atoms with E-state index in [1.807, 2.05) is 12.1 Å². The van der Waals surface area contributed by atoms with Crippen molar-refractivity contribution in [3.63, 3.8) is 0 Å². The highest BCUT2D eigenvalue weighted by Crippen LogP contribution is 2.34. The van der Waals surface area contributed by atoms with Gasteiger partial charge in [0.25, 0.3) is 0 Å². The van der Waals surface area contributed by atoms with Crippen LogP contribution in [-0.2, 0) is 4.79 Å². The molecule has 2 aromatic rings. The molecule has 0 aromatic heterocycles. The number of anilines is 1. The van der Waals surface area contributed by atoms with E-state index in [0.29, 0.717) is 22.7 Å². The van der Waals surface area contributed by atoms with Gasteiger partial charge in [-0.3, -0.25) is 9.59 Å². The molecule has 0 bridgehead atoms. The number of carbonyl (C=O) groups excluding carboxylic acids is 2. The lowest BCUT2D eigenvalue weighted by Crippen LogP contribution is -2.20. The molecule has 2 rings (SSSR count). The Morgan fingerprint density at radius 1 is 1.08 bits per heavy atom. The summed E-state index contributed by atoms with van der Waals surface area (Å²) < 4.78 is 10.5. The molecule has 0 aliphatic heterocycles. The van der Waals surface area contributed by atoms with Crippen molar-refractivity contribution in [2.45, 2.75) is 19.8 Å². The molecule has 24 heavy (non-hydrogen) atoms. The molecular formula is C19H20NO4. The molecule has 0 heterocycles. The number of hydrogen-bond donors (Lipinski definition) is 1. The number of rotatable bonds is 6. The maximum Gasteiger partial charge on any atom is 0.231 e. The number of Topliss-reactive ketones (excluding diaryl/α,β-unsaturated/α-hetero) is 1. The Bertz CT molecular complexity index is 741. The summed E-state index contributed by atoms with van der Waals surface area (Å²) in [5.41, 5.74) is 1.64. The third-order valence-electron chi connectivity index (χ3n) is 3.80. The van der Waals surface area contributed by atoms with Crippen LogP contribution in [0.15, 0.2) is 36.4 Å². The van der Waals surface area contributed by atoms with Gasteiger partial charge < -0.3 is 14.8 Å². The molecule has 1 unspecified atom stereocenters. The molecule has 0 fully saturated rings. The number of ether oxygens (including phenoxy) is 2. The fourth-order valence-corrected chi connectivity index (χ4v) is 2.35. The van der Waals surface area contributed by atoms with Crippen LogP contribution in [0.1, 0.15) is 35.7 Å². The Morgan fingerprint density at radius 3 is 2.21 bits per heavy atom. The average molecular weight is 326 g/mol. The van der Waals surface area contributed by atoms with Gasteiger partial charge in [-0.25, -0.2) is 0 Å². The normalized spacial score (nSPS) is 11.5. The third-order valence-corrected chi connectivity index (χ3v) is 3.80. The second-order valence-corrected chi connectivity index (χ2v) is 5.35. The number of amides is 1. The number of ketones is 1. The molecule has 1 N–H and O–H groups in total. The van der Waals surface area contributed by atoms with E-state index < -0.39 is 0 Å². The largest absolute Gasteiger partial charge is 0.493 e. The molecule has 125 valence electrons. The molecule has 0 spiro atoms. The molecular weight excluding hydrogens is 306 g/mol. The van der Waals surface area contributed by atoms with E-state index >= 15 is 0 Å². The van der Waals surface area contributed by atoms with E-state index in [2.05, 4.69) is 11.4 Å². The van der Waals surface area contributed by atoms with E-state index in [1.165, 1.54) is 21.1 Å². The summed E-state index contributed by atoms with van der Waals surface area (Å²) in [6, 6.07) is 13.3. The molecule has 0 aliphatic carbocycles. The van der Waals surface area contributed by atoms with Gasteiger partial charge in [-0.1, -0.05) is 24.3 Å². The van der Waals surface area contributed by atoms with E-state index in [4.69, 9.17) is 9.47 Å². The molecule has 2 aromatic carbocycles. The number of carbonyl (C=O) groups is 2. The Labute approximate surface area is 141 Å². The van der Waals surface area contributed by atoms with Gasteiger partial charge in [0.1, 0.15) is 0 Å². The number of nitrogens with one attached hydrogen (secondary N) is 1. The summed E-state index contributed by atoms with van der Waals surface area (Å²) in [6.07, 6.45) is 0. The second kappa shape index (κ2) is 7.64. The average Bonchev–Trinajstić information content (AvgIpc) is 2.61. The van der Waals surface area contributed by atoms with Crippen LogP contribution in [0.3, 0.4) is 0 Å². The summed E-state index contributed by atoms with van der Waals surface area (Å²) in [6.45, 7) is 3.24. The van der Waals surface area contributed by atoms with Crippen LogP contribution in [0, 0.1) is 6.07 Å². The van der Waals surface area contributed by atoms with Crippen LogP contribution in [0.2, 0.25) is 0 Å². The minimum Gasteiger partial charge on any atom is -0.493 e. The van der Waals surface area contributed by atoms with Crippen molar-refractivity contribution in [1.82, 2.24) is 0 Å². The zero-order chi connectivity index (χ0) is 17.7. The molecule has 1 radical (unpaired) electrons. The Kier molecular flexibility index (Phi) is 5.58. The van der Waals surface area contributed by atoms with Gasteiger partial charge >= 0.3 is 0 Å². The predicted molar refractivity (Wildman–Crippen MR) is 91.9 cm³/mol. The zero-order valence-corrected chi connectivity index (χ0v) is 14.2. The first-order valence-corrected chi connectivity index (χ1v) is 7.51. The van der Waals surface area contributed by atoms with Crippen molar-refractivity contribution in [1.29, 1.82) is 0 Å². The van der Waals surface area contributed by atoms with Crippen molar-refractivity contribution >= 4 is 17.4 Å². The van der Waals surface area contributed by atoms with E-state index in [0.717, 1.165) is 5.56 Å². The third kappa shape index (κ3) is 3.74. The van der Waals surface area contributed by atoms with Crippen molar-refractivity contribution in [3.8, 4) is 11.5 Å². The highest BCUT2D eigenvalue weighted by Gasteiger charge is 2.20. The lowest BCUT2D eigenvalue weighted by atomic mass is 10.00. The monoisotopic (exact) mass is 326 g/mol. The topological polar surface area (TPSA) is 64.6 Å². The summed E-state index contributed by atoms with van der Waals surface area (Å²) in [5.74, 6) is 0.128. The van der Waals surface area contributed by atoms with Crippen molar-refractivity contribution < 1.29 is 19.1 Å². The first-order chi connectivity index (χ1) is 11.5. The molecule has 5 heteroatoms. The summed E-state index contributed by atoms with van der Waals surface area (Å²) in [7, 11) is 2.99. The first-order valence-electron chi connectivity index (χ1n) is 7.51. The van der Waals surface area contributed by atoms with Crippen molar-refractivity contribution in [2.24, 2.45) is 0 Å². The van der Waals surface area contributed by atoms with Gasteiger partial charge in [0.15, 0.2) is 17.3 Å². The van der Waals surface area contributed by atoms with Crippen LogP contribution in [0.4, 0.5) is 5.69 Å². The summed E-state index contributed by atoms with van der Waals surface area (Å²) in [5, 5.41) is 2.81. The fourth-order valence-electron chi connectivity index (χ4n) is 2.35. The minimum atomic E-state index is -0.368. The van der Waals surface area contributed by atoms with Crippen LogP contribution < -0.4 is 14.8 Å². The van der Waals surface area contributed by atoms with Gasteiger partial charge in [0, 0.05) is 11.6 Å². The molecule has 1 amide bonds. The number of benzene rings is 2. The Morgan fingerprint density at radius 2 is 1.67 bits per heavy atom. The Balaban J connectivity index is 2.34. The zero-order valence-electron chi connectivity index (χ0n) is 14.2. The van der Waals surface area contributed by atoms with E-state index in [1.54, 1.807) is 31.2 Å². The number of hydrogen-bond acceptors (Lipinski definition) is 4. The van der Waals surface area contributed by atoms with Crippen molar-refractivity contribution in [2.75, 3.05) is 19.5 Å². The minimum absolute atomic E-state index is 0.173. The molecule has 5 nitrogen and oxygen atoms in total. The summed E-state index contributed by atoms with van der Waals surface area (Å²) in [4.78, 5) is 24.4. The second-order valence-electron chi connectivity index (χ2n) is 5.35. The van der Waals surface area contributed by atoms with Gasteiger partial charge in [0.2, 0.25) is 5.91 Å². The van der Waals surface area contributed by atoms with Crippen LogP contribution in [0.25, 0.3) is 0 Å². The van der Waals surface area contributed by atoms with Gasteiger partial charge in [-0.05, 0) is 31.5 Å². The molecule has 0 aliphatic rings. The highest BCUT2D eigenvalue weighted by molar-refractivity contribution is 6.05. The maximum atomic E-state index is 12.5. The lowest BCUT2D eigenvalue weighted by molar-refractivity contribution is -0.117. The molecule has 0 saturated carbocycles. The Hall–Kier alpha value is -2.82. The summed E-state index contributed by atoms with van der Waals surface area (Å²) >= 11 is 0. The quantitative estimate of drug-likeness (QED) is 0.826. The van der Waals surface area contributed by atoms with Gasteiger partial charge in [-0.15, -0.1) is 0 Å². The SMILES string of the molecule is COc1cc(NC(=O)C(C)c2cc[c]cc2)c(C(C)=O)cc1OC. The van der Waals surface area contributed by atoms with Crippen LogP contribution >= 0.6 is 0 Å². The predicted octanol–water partition coefficient (Wildman–Crippen LogP) is 3.45.